The van der Waals surface area contributed by atoms with Crippen LogP contribution in [-0.2, 0) is 0 Å². The fraction of sp³-hybridized carbons (Fsp3) is 0.875. The van der Waals surface area contributed by atoms with Gasteiger partial charge >= 0.3 is 0 Å². The van der Waals surface area contributed by atoms with Crippen molar-refractivity contribution in [1.82, 2.24) is 0 Å². The summed E-state index contributed by atoms with van der Waals surface area (Å²) in [4.78, 5) is 0. The van der Waals surface area contributed by atoms with Gasteiger partial charge in [-0.1, -0.05) is 37.8 Å². The molecule has 0 heterocycles. The highest BCUT2D eigenvalue weighted by Crippen LogP contribution is 2.04. The predicted molar refractivity (Wildman–Crippen MR) is 47.5 cm³/mol. The highest BCUT2D eigenvalue weighted by atomic mass is 32.1. The van der Waals surface area contributed by atoms with Crippen LogP contribution in [0.2, 0.25) is 0 Å². The molecule has 0 aromatic heterocycles. The van der Waals surface area contributed by atoms with E-state index in [1.807, 2.05) is 0 Å². The topological polar surface area (TPSA) is 20.2 Å². The summed E-state index contributed by atoms with van der Waals surface area (Å²) in [6.45, 7) is 2.21. The van der Waals surface area contributed by atoms with E-state index in [1.54, 1.807) is 0 Å². The minimum atomic E-state index is 0.715. The van der Waals surface area contributed by atoms with Crippen molar-refractivity contribution in [2.24, 2.45) is 0 Å². The van der Waals surface area contributed by atoms with Crippen molar-refractivity contribution in [3.8, 4) is 5.18 Å². The van der Waals surface area contributed by atoms with Crippen molar-refractivity contribution in [3.63, 3.8) is 0 Å². The molecular formula is C8H16OS. The summed E-state index contributed by atoms with van der Waals surface area (Å²) in [5.41, 5.74) is 0. The molecule has 1 nitrogen and oxygen atoms in total. The second-order valence-electron chi connectivity index (χ2n) is 2.40. The number of hydrogen-bond donors (Lipinski definition) is 1. The van der Waals surface area contributed by atoms with Gasteiger partial charge in [-0.05, 0) is 6.42 Å². The minimum absolute atomic E-state index is 0.715. The number of unbranched alkanes of at least 4 members (excludes halogenated alkanes) is 5. The van der Waals surface area contributed by atoms with Gasteiger partial charge in [0.25, 0.3) is 0 Å². The molecule has 1 N–H and O–H groups in total. The molecule has 0 atom stereocenters. The van der Waals surface area contributed by atoms with Crippen LogP contribution in [0.3, 0.4) is 0 Å². The molecule has 60 valence electrons. The van der Waals surface area contributed by atoms with Gasteiger partial charge in [-0.2, -0.15) is 0 Å². The highest BCUT2D eigenvalue weighted by molar-refractivity contribution is 7.82. The third-order valence-electron chi connectivity index (χ3n) is 1.45. The van der Waals surface area contributed by atoms with Gasteiger partial charge in [-0.3, -0.25) is 0 Å². The molecule has 0 saturated heterocycles. The average molecular weight is 160 g/mol. The second-order valence-corrected chi connectivity index (χ2v) is 2.87. The smallest absolute Gasteiger partial charge is 0.0189 e. The SMILES string of the molecule is CCCCCCCC#SO. The first kappa shape index (κ1) is 9.96. The molecule has 0 amide bonds. The molecule has 0 spiro atoms. The molecule has 0 aromatic carbocycles. The Bertz CT molecular complexity index is 112. The van der Waals surface area contributed by atoms with E-state index in [0.717, 1.165) is 6.42 Å². The zero-order valence-electron chi connectivity index (χ0n) is 6.60. The molecule has 0 aliphatic rings. The van der Waals surface area contributed by atoms with Gasteiger partial charge in [0.1, 0.15) is 0 Å². The summed E-state index contributed by atoms with van der Waals surface area (Å²) in [5.74, 6) is 0. The quantitative estimate of drug-likeness (QED) is 0.482. The first-order valence-electron chi connectivity index (χ1n) is 3.95. The summed E-state index contributed by atoms with van der Waals surface area (Å²) in [7, 11) is 0. The van der Waals surface area contributed by atoms with E-state index in [-0.39, 0.29) is 0 Å². The summed E-state index contributed by atoms with van der Waals surface area (Å²) in [6.07, 6.45) is 7.34. The lowest BCUT2D eigenvalue weighted by Gasteiger charge is -1.93. The van der Waals surface area contributed by atoms with Gasteiger partial charge in [-0.25, -0.2) is 0 Å². The van der Waals surface area contributed by atoms with E-state index in [1.165, 1.54) is 32.1 Å². The molecular weight excluding hydrogens is 144 g/mol. The van der Waals surface area contributed by atoms with E-state index in [9.17, 15) is 0 Å². The Kier molecular flexibility index (Phi) is 8.92. The lowest BCUT2D eigenvalue weighted by molar-refractivity contribution is 0.640. The summed E-state index contributed by atoms with van der Waals surface area (Å²) in [6, 6.07) is 0. The van der Waals surface area contributed by atoms with Gasteiger partial charge in [0.15, 0.2) is 0 Å². The standard InChI is InChI=1S/C8H16OS/c1-2-3-4-5-6-7-8-10-9/h9H,2-7H2,1H3. The van der Waals surface area contributed by atoms with E-state index >= 15 is 0 Å². The molecule has 0 unspecified atom stereocenters. The maximum Gasteiger partial charge on any atom is 0.0189 e. The summed E-state index contributed by atoms with van der Waals surface area (Å²) in [5, 5.41) is 2.80. The molecule has 0 rings (SSSR count). The lowest BCUT2D eigenvalue weighted by atomic mass is 10.1. The Balaban J connectivity index is 2.82. The fourth-order valence-corrected chi connectivity index (χ4v) is 1.08. The van der Waals surface area contributed by atoms with E-state index in [2.05, 4.69) is 12.1 Å². The van der Waals surface area contributed by atoms with Crippen molar-refractivity contribution >= 4 is 11.5 Å². The van der Waals surface area contributed by atoms with Crippen LogP contribution in [0.25, 0.3) is 0 Å². The predicted octanol–water partition coefficient (Wildman–Crippen LogP) is 3.51. The molecule has 0 bridgehead atoms. The summed E-state index contributed by atoms with van der Waals surface area (Å²) >= 11 is 0.715. The number of hydrogen-bond acceptors (Lipinski definition) is 1. The monoisotopic (exact) mass is 160 g/mol. The molecule has 2 heteroatoms. The second kappa shape index (κ2) is 8.96. The van der Waals surface area contributed by atoms with Crippen molar-refractivity contribution in [3.05, 3.63) is 0 Å². The normalized spacial score (nSPS) is 9.00. The Hall–Kier alpha value is -0.0400. The zero-order valence-corrected chi connectivity index (χ0v) is 7.41. The number of rotatable bonds is 5. The Morgan fingerprint density at radius 1 is 1.20 bits per heavy atom. The van der Waals surface area contributed by atoms with Gasteiger partial charge in [0.05, 0.1) is 0 Å². The van der Waals surface area contributed by atoms with Crippen LogP contribution in [0.5, 0.6) is 0 Å². The Morgan fingerprint density at radius 2 is 1.90 bits per heavy atom. The van der Waals surface area contributed by atoms with Crippen molar-refractivity contribution in [1.29, 1.82) is 0 Å². The van der Waals surface area contributed by atoms with Crippen LogP contribution in [0, 0.1) is 5.18 Å². The van der Waals surface area contributed by atoms with E-state index in [4.69, 9.17) is 4.55 Å². The van der Waals surface area contributed by atoms with Crippen molar-refractivity contribution in [2.45, 2.75) is 45.4 Å². The van der Waals surface area contributed by atoms with Gasteiger partial charge < -0.3 is 4.55 Å². The fourth-order valence-electron chi connectivity index (χ4n) is 0.846. The zero-order chi connectivity index (χ0) is 7.66. The maximum atomic E-state index is 8.27. The summed E-state index contributed by atoms with van der Waals surface area (Å²) < 4.78 is 8.27. The first-order valence-corrected chi connectivity index (χ1v) is 4.72. The van der Waals surface area contributed by atoms with E-state index in [0.29, 0.717) is 11.5 Å². The van der Waals surface area contributed by atoms with Gasteiger partial charge in [-0.15, -0.1) is 0 Å². The van der Waals surface area contributed by atoms with Crippen LogP contribution in [0.15, 0.2) is 0 Å². The van der Waals surface area contributed by atoms with Gasteiger partial charge in [0.2, 0.25) is 0 Å². The molecule has 0 saturated carbocycles. The minimum Gasteiger partial charge on any atom is -0.302 e. The highest BCUT2D eigenvalue weighted by Gasteiger charge is 1.85. The third-order valence-corrected chi connectivity index (χ3v) is 1.78. The van der Waals surface area contributed by atoms with Crippen LogP contribution in [0.1, 0.15) is 45.4 Å². The van der Waals surface area contributed by atoms with Crippen LogP contribution in [-0.4, -0.2) is 4.55 Å². The van der Waals surface area contributed by atoms with Crippen LogP contribution >= 0.6 is 11.5 Å². The van der Waals surface area contributed by atoms with E-state index < -0.39 is 0 Å². The molecule has 0 aliphatic heterocycles. The molecule has 0 fully saturated rings. The van der Waals surface area contributed by atoms with Crippen molar-refractivity contribution < 1.29 is 4.55 Å². The Labute approximate surface area is 67.3 Å². The van der Waals surface area contributed by atoms with Crippen LogP contribution < -0.4 is 0 Å². The maximum absolute atomic E-state index is 8.27. The van der Waals surface area contributed by atoms with Gasteiger partial charge in [0, 0.05) is 17.9 Å². The average Bonchev–Trinajstić information content (AvgIpc) is 1.97. The first-order chi connectivity index (χ1) is 4.91. The molecule has 10 heavy (non-hydrogen) atoms. The van der Waals surface area contributed by atoms with Crippen LogP contribution in [0.4, 0.5) is 0 Å². The third kappa shape index (κ3) is 7.96. The Morgan fingerprint density at radius 3 is 2.50 bits per heavy atom. The lowest BCUT2D eigenvalue weighted by Crippen LogP contribution is -1.75. The molecule has 0 aromatic rings. The van der Waals surface area contributed by atoms with Crippen molar-refractivity contribution in [2.75, 3.05) is 0 Å². The molecule has 0 radical (unpaired) electrons. The largest absolute Gasteiger partial charge is 0.302 e. The molecule has 0 aliphatic carbocycles.